The van der Waals surface area contributed by atoms with Crippen molar-refractivity contribution in [3.63, 3.8) is 0 Å². The van der Waals surface area contributed by atoms with E-state index in [-0.39, 0.29) is 25.0 Å². The number of alkyl halides is 1. The zero-order chi connectivity index (χ0) is 17.5. The molecule has 1 saturated heterocycles. The summed E-state index contributed by atoms with van der Waals surface area (Å²) in [6.07, 6.45) is 0.461. The fourth-order valence-corrected chi connectivity index (χ4v) is 2.45. The first-order chi connectivity index (χ1) is 11.5. The summed E-state index contributed by atoms with van der Waals surface area (Å²) in [5.74, 6) is -0.482. The van der Waals surface area contributed by atoms with Gasteiger partial charge < -0.3 is 20.3 Å². The van der Waals surface area contributed by atoms with E-state index in [4.69, 9.17) is 4.74 Å². The standard InChI is InChI=1S/C16H20FN3O4/c1-11(21)18-12-3-2-4-13(9-12)24-10-15(22)19-14-5-7-20(8-6-17)16(14)23/h2-4,9,14H,5-8,10H2,1H3,(H,18,21)(H,19,22). The van der Waals surface area contributed by atoms with E-state index in [9.17, 15) is 18.8 Å². The van der Waals surface area contributed by atoms with Gasteiger partial charge in [-0.25, -0.2) is 4.39 Å². The molecule has 24 heavy (non-hydrogen) atoms. The third-order valence-corrected chi connectivity index (χ3v) is 3.51. The second-order valence-electron chi connectivity index (χ2n) is 5.42. The molecule has 7 nitrogen and oxygen atoms in total. The Kier molecular flexibility index (Phi) is 6.11. The molecule has 1 heterocycles. The minimum Gasteiger partial charge on any atom is -0.484 e. The lowest BCUT2D eigenvalue weighted by atomic mass is 10.2. The number of rotatable bonds is 7. The van der Waals surface area contributed by atoms with E-state index in [2.05, 4.69) is 10.6 Å². The molecule has 0 bridgehead atoms. The molecule has 1 aliphatic rings. The zero-order valence-corrected chi connectivity index (χ0v) is 13.4. The summed E-state index contributed by atoms with van der Waals surface area (Å²) in [6.45, 7) is 1.04. The second kappa shape index (κ2) is 8.28. The number of halogens is 1. The molecule has 0 aliphatic carbocycles. The van der Waals surface area contributed by atoms with Gasteiger partial charge in [0.05, 0.1) is 0 Å². The number of ether oxygens (including phenoxy) is 1. The summed E-state index contributed by atoms with van der Waals surface area (Å²) in [4.78, 5) is 36.2. The number of hydrogen-bond donors (Lipinski definition) is 2. The van der Waals surface area contributed by atoms with Crippen LogP contribution in [-0.2, 0) is 14.4 Å². The number of nitrogens with one attached hydrogen (secondary N) is 2. The molecule has 1 aromatic rings. The molecule has 0 spiro atoms. The molecule has 2 N–H and O–H groups in total. The Balaban J connectivity index is 1.81. The van der Waals surface area contributed by atoms with Gasteiger partial charge in [0.25, 0.3) is 5.91 Å². The van der Waals surface area contributed by atoms with E-state index in [0.29, 0.717) is 24.4 Å². The number of carbonyl (C=O) groups is 3. The molecule has 1 aromatic carbocycles. The fraction of sp³-hybridized carbons (Fsp3) is 0.438. The van der Waals surface area contributed by atoms with Crippen LogP contribution in [0.2, 0.25) is 0 Å². The van der Waals surface area contributed by atoms with Gasteiger partial charge in [0.2, 0.25) is 11.8 Å². The van der Waals surface area contributed by atoms with Crippen LogP contribution in [0.25, 0.3) is 0 Å². The number of carbonyl (C=O) groups excluding carboxylic acids is 3. The van der Waals surface area contributed by atoms with Gasteiger partial charge in [0, 0.05) is 31.8 Å². The van der Waals surface area contributed by atoms with Crippen LogP contribution in [0.5, 0.6) is 5.75 Å². The topological polar surface area (TPSA) is 87.7 Å². The maximum Gasteiger partial charge on any atom is 0.258 e. The first kappa shape index (κ1) is 17.7. The molecule has 3 amide bonds. The Morgan fingerprint density at radius 1 is 1.42 bits per heavy atom. The van der Waals surface area contributed by atoms with E-state index < -0.39 is 18.6 Å². The largest absolute Gasteiger partial charge is 0.484 e. The quantitative estimate of drug-likeness (QED) is 0.767. The monoisotopic (exact) mass is 337 g/mol. The maximum absolute atomic E-state index is 12.3. The lowest BCUT2D eigenvalue weighted by molar-refractivity contribution is -0.133. The summed E-state index contributed by atoms with van der Waals surface area (Å²) in [6, 6.07) is 6.01. The van der Waals surface area contributed by atoms with E-state index in [1.54, 1.807) is 24.3 Å². The average molecular weight is 337 g/mol. The van der Waals surface area contributed by atoms with Crippen LogP contribution in [0, 0.1) is 0 Å². The van der Waals surface area contributed by atoms with E-state index in [1.165, 1.54) is 11.8 Å². The zero-order valence-electron chi connectivity index (χ0n) is 13.4. The summed E-state index contributed by atoms with van der Waals surface area (Å²) in [5.41, 5.74) is 0.563. The summed E-state index contributed by atoms with van der Waals surface area (Å²) in [7, 11) is 0. The first-order valence-electron chi connectivity index (χ1n) is 7.64. The van der Waals surface area contributed by atoms with Crippen LogP contribution in [0.15, 0.2) is 24.3 Å². The highest BCUT2D eigenvalue weighted by Crippen LogP contribution is 2.17. The van der Waals surface area contributed by atoms with Crippen molar-refractivity contribution in [1.29, 1.82) is 0 Å². The highest BCUT2D eigenvalue weighted by atomic mass is 19.1. The molecule has 2 rings (SSSR count). The van der Waals surface area contributed by atoms with Crippen LogP contribution in [0.1, 0.15) is 13.3 Å². The van der Waals surface area contributed by atoms with Crippen molar-refractivity contribution >= 4 is 23.4 Å². The molecule has 1 unspecified atom stereocenters. The van der Waals surface area contributed by atoms with Crippen molar-refractivity contribution in [1.82, 2.24) is 10.2 Å². The summed E-state index contributed by atoms with van der Waals surface area (Å²) in [5, 5.41) is 5.20. The Bertz CT molecular complexity index is 623. The number of nitrogens with zero attached hydrogens (tertiary/aromatic N) is 1. The molecule has 0 radical (unpaired) electrons. The minimum absolute atomic E-state index is 0.0532. The summed E-state index contributed by atoms with van der Waals surface area (Å²) >= 11 is 0. The number of benzene rings is 1. The molecule has 1 fully saturated rings. The van der Waals surface area contributed by atoms with Gasteiger partial charge in [-0.05, 0) is 18.6 Å². The third kappa shape index (κ3) is 4.94. The Labute approximate surface area is 139 Å². The van der Waals surface area contributed by atoms with Crippen LogP contribution in [-0.4, -0.2) is 55.0 Å². The fourth-order valence-electron chi connectivity index (χ4n) is 2.45. The predicted molar refractivity (Wildman–Crippen MR) is 85.3 cm³/mol. The number of amides is 3. The lowest BCUT2D eigenvalue weighted by Gasteiger charge is -2.15. The maximum atomic E-state index is 12.3. The molecule has 0 aromatic heterocycles. The molecular weight excluding hydrogens is 317 g/mol. The number of likely N-dealkylation sites (tertiary alicyclic amines) is 1. The van der Waals surface area contributed by atoms with E-state index in [0.717, 1.165) is 0 Å². The van der Waals surface area contributed by atoms with Crippen LogP contribution in [0.4, 0.5) is 10.1 Å². The van der Waals surface area contributed by atoms with Crippen molar-refractivity contribution in [2.24, 2.45) is 0 Å². The normalized spacial score (nSPS) is 16.8. The lowest BCUT2D eigenvalue weighted by Crippen LogP contribution is -2.43. The SMILES string of the molecule is CC(=O)Nc1cccc(OCC(=O)NC2CCN(CCF)C2=O)c1. The van der Waals surface area contributed by atoms with Crippen LogP contribution >= 0.6 is 0 Å². The Hall–Kier alpha value is -2.64. The molecule has 130 valence electrons. The van der Waals surface area contributed by atoms with Gasteiger partial charge in [0.1, 0.15) is 18.5 Å². The Morgan fingerprint density at radius 3 is 2.92 bits per heavy atom. The van der Waals surface area contributed by atoms with Gasteiger partial charge in [-0.2, -0.15) is 0 Å². The first-order valence-corrected chi connectivity index (χ1v) is 7.64. The molecule has 1 aliphatic heterocycles. The smallest absolute Gasteiger partial charge is 0.258 e. The second-order valence-corrected chi connectivity index (χ2v) is 5.42. The van der Waals surface area contributed by atoms with Crippen molar-refractivity contribution in [3.05, 3.63) is 24.3 Å². The number of hydrogen-bond acceptors (Lipinski definition) is 4. The molecule has 0 saturated carbocycles. The van der Waals surface area contributed by atoms with Crippen molar-refractivity contribution in [3.8, 4) is 5.75 Å². The van der Waals surface area contributed by atoms with Crippen molar-refractivity contribution in [2.45, 2.75) is 19.4 Å². The molecule has 8 heteroatoms. The predicted octanol–water partition coefficient (Wildman–Crippen LogP) is 0.710. The third-order valence-electron chi connectivity index (χ3n) is 3.51. The van der Waals surface area contributed by atoms with E-state index >= 15 is 0 Å². The Morgan fingerprint density at radius 2 is 2.21 bits per heavy atom. The van der Waals surface area contributed by atoms with Gasteiger partial charge in [-0.1, -0.05) is 6.07 Å². The van der Waals surface area contributed by atoms with Crippen LogP contribution in [0.3, 0.4) is 0 Å². The van der Waals surface area contributed by atoms with Gasteiger partial charge in [-0.3, -0.25) is 14.4 Å². The van der Waals surface area contributed by atoms with Gasteiger partial charge >= 0.3 is 0 Å². The van der Waals surface area contributed by atoms with Gasteiger partial charge in [-0.15, -0.1) is 0 Å². The van der Waals surface area contributed by atoms with Crippen molar-refractivity contribution in [2.75, 3.05) is 31.7 Å². The van der Waals surface area contributed by atoms with E-state index in [1.807, 2.05) is 0 Å². The average Bonchev–Trinajstić information content (AvgIpc) is 2.86. The molecular formula is C16H20FN3O4. The van der Waals surface area contributed by atoms with Crippen LogP contribution < -0.4 is 15.4 Å². The number of anilines is 1. The summed E-state index contributed by atoms with van der Waals surface area (Å²) < 4.78 is 17.7. The van der Waals surface area contributed by atoms with Crippen molar-refractivity contribution < 1.29 is 23.5 Å². The van der Waals surface area contributed by atoms with Gasteiger partial charge in [0.15, 0.2) is 6.61 Å². The highest BCUT2D eigenvalue weighted by Gasteiger charge is 2.32. The minimum atomic E-state index is -0.627. The molecule has 1 atom stereocenters. The highest BCUT2D eigenvalue weighted by molar-refractivity contribution is 5.90.